The van der Waals surface area contributed by atoms with E-state index in [1.54, 1.807) is 12.1 Å². The fourth-order valence-electron chi connectivity index (χ4n) is 2.44. The molecule has 0 saturated carbocycles. The lowest BCUT2D eigenvalue weighted by molar-refractivity contribution is -0.138. The van der Waals surface area contributed by atoms with Crippen LogP contribution in [0, 0.1) is 0 Å². The van der Waals surface area contributed by atoms with E-state index in [4.69, 9.17) is 5.11 Å². The third-order valence-electron chi connectivity index (χ3n) is 3.32. The van der Waals surface area contributed by atoms with Crippen LogP contribution >= 0.6 is 15.9 Å². The molecule has 1 atom stereocenters. The quantitative estimate of drug-likeness (QED) is 0.897. The third kappa shape index (κ3) is 3.23. The van der Waals surface area contributed by atoms with E-state index in [-0.39, 0.29) is 18.2 Å². The lowest BCUT2D eigenvalue weighted by atomic mass is 10.1. The van der Waals surface area contributed by atoms with Crippen LogP contribution in [0.4, 0.5) is 0 Å². The number of halogens is 1. The van der Waals surface area contributed by atoms with E-state index in [9.17, 15) is 9.90 Å². The van der Waals surface area contributed by atoms with Crippen LogP contribution in [0.5, 0.6) is 5.75 Å². The molecule has 98 valence electrons. The third-order valence-corrected chi connectivity index (χ3v) is 3.82. The average Bonchev–Trinajstić information content (AvgIpc) is 2.70. The summed E-state index contributed by atoms with van der Waals surface area (Å²) in [5.41, 5.74) is 0.835. The van der Waals surface area contributed by atoms with Gasteiger partial charge in [-0.05, 0) is 37.6 Å². The van der Waals surface area contributed by atoms with Crippen molar-refractivity contribution in [2.75, 3.05) is 6.54 Å². The zero-order valence-electron chi connectivity index (χ0n) is 9.97. The minimum Gasteiger partial charge on any atom is -0.508 e. The van der Waals surface area contributed by atoms with Gasteiger partial charge in [0.2, 0.25) is 0 Å². The molecule has 0 spiro atoms. The Morgan fingerprint density at radius 2 is 2.28 bits per heavy atom. The number of benzene rings is 1. The summed E-state index contributed by atoms with van der Waals surface area (Å²) in [4.78, 5) is 12.9. The summed E-state index contributed by atoms with van der Waals surface area (Å²) in [7, 11) is 0. The molecular formula is C13H16BrNO3. The first kappa shape index (κ1) is 13.4. The van der Waals surface area contributed by atoms with Crippen LogP contribution < -0.4 is 0 Å². The molecule has 2 N–H and O–H groups in total. The largest absolute Gasteiger partial charge is 0.508 e. The fraction of sp³-hybridized carbons (Fsp3) is 0.462. The van der Waals surface area contributed by atoms with Crippen molar-refractivity contribution >= 4 is 21.9 Å². The maximum Gasteiger partial charge on any atom is 0.304 e. The molecule has 0 aromatic heterocycles. The van der Waals surface area contributed by atoms with Crippen molar-refractivity contribution in [3.8, 4) is 5.75 Å². The Hall–Kier alpha value is -1.07. The van der Waals surface area contributed by atoms with Crippen LogP contribution in [0.15, 0.2) is 22.7 Å². The zero-order valence-corrected chi connectivity index (χ0v) is 11.6. The van der Waals surface area contributed by atoms with Gasteiger partial charge in [-0.15, -0.1) is 0 Å². The highest BCUT2D eigenvalue weighted by Crippen LogP contribution is 2.27. The molecule has 4 nitrogen and oxygen atoms in total. The van der Waals surface area contributed by atoms with Gasteiger partial charge < -0.3 is 10.2 Å². The van der Waals surface area contributed by atoms with E-state index < -0.39 is 5.97 Å². The number of hydrogen-bond acceptors (Lipinski definition) is 3. The van der Waals surface area contributed by atoms with Gasteiger partial charge in [-0.1, -0.05) is 15.9 Å². The molecule has 0 bridgehead atoms. The molecule has 1 fully saturated rings. The number of rotatable bonds is 4. The average molecular weight is 314 g/mol. The number of aliphatic carboxylic acids is 1. The molecule has 2 rings (SSSR count). The van der Waals surface area contributed by atoms with Crippen molar-refractivity contribution in [3.05, 3.63) is 28.2 Å². The number of nitrogens with zero attached hydrogens (tertiary/aromatic N) is 1. The molecular weight excluding hydrogens is 298 g/mol. The Morgan fingerprint density at radius 1 is 1.50 bits per heavy atom. The van der Waals surface area contributed by atoms with Gasteiger partial charge >= 0.3 is 5.97 Å². The van der Waals surface area contributed by atoms with E-state index in [1.807, 2.05) is 6.07 Å². The Morgan fingerprint density at radius 3 is 3.00 bits per heavy atom. The predicted octanol–water partition coefficient (Wildman–Crippen LogP) is 2.59. The number of phenolic OH excluding ortho intramolecular Hbond substituents is 1. The van der Waals surface area contributed by atoms with Gasteiger partial charge in [0, 0.05) is 22.6 Å². The van der Waals surface area contributed by atoms with Crippen LogP contribution in [0.2, 0.25) is 0 Å². The molecule has 0 aliphatic carbocycles. The van der Waals surface area contributed by atoms with Gasteiger partial charge in [0.15, 0.2) is 0 Å². The molecule has 1 unspecified atom stereocenters. The van der Waals surface area contributed by atoms with Gasteiger partial charge in [0.05, 0.1) is 6.42 Å². The van der Waals surface area contributed by atoms with E-state index in [2.05, 4.69) is 20.8 Å². The molecule has 1 aliphatic heterocycles. The first-order chi connectivity index (χ1) is 8.56. The summed E-state index contributed by atoms with van der Waals surface area (Å²) in [5, 5.41) is 18.7. The number of aromatic hydroxyl groups is 1. The molecule has 5 heteroatoms. The summed E-state index contributed by atoms with van der Waals surface area (Å²) in [6, 6.07) is 5.41. The standard InChI is InChI=1S/C13H16BrNO3/c14-10-3-4-12(16)9(6-10)8-15-5-1-2-11(15)7-13(17)18/h3-4,6,11,16H,1-2,5,7-8H2,(H,17,18). The highest BCUT2D eigenvalue weighted by Gasteiger charge is 2.27. The molecule has 0 radical (unpaired) electrons. The molecule has 18 heavy (non-hydrogen) atoms. The second-order valence-corrected chi connectivity index (χ2v) is 5.55. The smallest absolute Gasteiger partial charge is 0.304 e. The van der Waals surface area contributed by atoms with Crippen LogP contribution in [0.3, 0.4) is 0 Å². The number of phenols is 1. The molecule has 0 amide bonds. The summed E-state index contributed by atoms with van der Waals surface area (Å²) in [6.45, 7) is 1.49. The second-order valence-electron chi connectivity index (χ2n) is 4.64. The summed E-state index contributed by atoms with van der Waals surface area (Å²) >= 11 is 3.38. The van der Waals surface area contributed by atoms with Crippen LogP contribution in [0.1, 0.15) is 24.8 Å². The zero-order chi connectivity index (χ0) is 13.1. The Labute approximate surface area is 114 Å². The maximum atomic E-state index is 10.8. The molecule has 1 heterocycles. The molecule has 1 aliphatic rings. The van der Waals surface area contributed by atoms with Crippen LogP contribution in [0.25, 0.3) is 0 Å². The minimum atomic E-state index is -0.759. The number of carboxylic acid groups (broad SMARTS) is 1. The minimum absolute atomic E-state index is 0.0841. The van der Waals surface area contributed by atoms with Gasteiger partial charge in [0.1, 0.15) is 5.75 Å². The Kier molecular flexibility index (Phi) is 4.24. The van der Waals surface area contributed by atoms with Gasteiger partial charge in [-0.25, -0.2) is 0 Å². The predicted molar refractivity (Wildman–Crippen MR) is 71.5 cm³/mol. The van der Waals surface area contributed by atoms with Crippen LogP contribution in [-0.4, -0.2) is 33.7 Å². The summed E-state index contributed by atoms with van der Waals surface area (Å²) in [5.74, 6) is -0.496. The van der Waals surface area contributed by atoms with Crippen molar-refractivity contribution in [2.24, 2.45) is 0 Å². The lowest BCUT2D eigenvalue weighted by Crippen LogP contribution is -2.30. The van der Waals surface area contributed by atoms with Crippen LogP contribution in [-0.2, 0) is 11.3 Å². The monoisotopic (exact) mass is 313 g/mol. The van der Waals surface area contributed by atoms with Gasteiger partial charge in [-0.2, -0.15) is 0 Å². The van der Waals surface area contributed by atoms with Crippen molar-refractivity contribution in [1.29, 1.82) is 0 Å². The number of hydrogen-bond donors (Lipinski definition) is 2. The molecule has 1 aromatic rings. The molecule has 1 aromatic carbocycles. The van der Waals surface area contributed by atoms with Crippen molar-refractivity contribution < 1.29 is 15.0 Å². The van der Waals surface area contributed by atoms with E-state index >= 15 is 0 Å². The Balaban J connectivity index is 2.08. The highest BCUT2D eigenvalue weighted by molar-refractivity contribution is 9.10. The SMILES string of the molecule is O=C(O)CC1CCCN1Cc1cc(Br)ccc1O. The number of carboxylic acids is 1. The summed E-state index contributed by atoms with van der Waals surface area (Å²) in [6.07, 6.45) is 2.11. The lowest BCUT2D eigenvalue weighted by Gasteiger charge is -2.23. The van der Waals surface area contributed by atoms with Gasteiger partial charge in [0.25, 0.3) is 0 Å². The fourth-order valence-corrected chi connectivity index (χ4v) is 2.84. The van der Waals surface area contributed by atoms with E-state index in [0.717, 1.165) is 29.4 Å². The van der Waals surface area contributed by atoms with E-state index in [0.29, 0.717) is 6.54 Å². The number of likely N-dealkylation sites (tertiary alicyclic amines) is 1. The normalized spacial score (nSPS) is 20.2. The van der Waals surface area contributed by atoms with Crippen molar-refractivity contribution in [1.82, 2.24) is 4.90 Å². The highest BCUT2D eigenvalue weighted by atomic mass is 79.9. The number of carbonyl (C=O) groups is 1. The first-order valence-corrected chi connectivity index (χ1v) is 6.79. The van der Waals surface area contributed by atoms with Crippen molar-refractivity contribution in [2.45, 2.75) is 31.8 Å². The van der Waals surface area contributed by atoms with Gasteiger partial charge in [-0.3, -0.25) is 9.69 Å². The topological polar surface area (TPSA) is 60.8 Å². The maximum absolute atomic E-state index is 10.8. The second kappa shape index (κ2) is 5.71. The van der Waals surface area contributed by atoms with Crippen molar-refractivity contribution in [3.63, 3.8) is 0 Å². The first-order valence-electron chi connectivity index (χ1n) is 5.99. The van der Waals surface area contributed by atoms with E-state index in [1.165, 1.54) is 0 Å². The Bertz CT molecular complexity index is 450. The summed E-state index contributed by atoms with van der Waals surface area (Å²) < 4.78 is 0.921. The molecule has 1 saturated heterocycles.